The van der Waals surface area contributed by atoms with Crippen LogP contribution in [0.5, 0.6) is 0 Å². The van der Waals surface area contributed by atoms with Crippen LogP contribution in [0.25, 0.3) is 0 Å². The first-order valence-electron chi connectivity index (χ1n) is 24.2. The molecule has 0 fully saturated rings. The number of nitrogens with one attached hydrogen (secondary N) is 1. The number of rotatable bonds is 41. The van der Waals surface area contributed by atoms with Gasteiger partial charge in [0.15, 0.2) is 0 Å². The molecule has 0 saturated carbocycles. The molecule has 3 atom stereocenters. The second kappa shape index (κ2) is 46.6. The molecule has 0 aromatic rings. The summed E-state index contributed by atoms with van der Waals surface area (Å²) in [7, 11) is 0. The highest BCUT2D eigenvalue weighted by atomic mass is 16.5. The van der Waals surface area contributed by atoms with Crippen molar-refractivity contribution in [2.24, 2.45) is 0 Å². The van der Waals surface area contributed by atoms with E-state index in [2.05, 4.69) is 86.8 Å². The average molecular weight is 832 g/mol. The predicted octanol–water partition coefficient (Wildman–Crippen LogP) is 14.3. The van der Waals surface area contributed by atoms with Crippen LogP contribution in [0.3, 0.4) is 0 Å². The Hall–Kier alpha value is -3.48. The third-order valence-electron chi connectivity index (χ3n) is 10.2. The number of ether oxygens (including phenoxy) is 1. The van der Waals surface area contributed by atoms with Crippen molar-refractivity contribution in [1.29, 1.82) is 0 Å². The lowest BCUT2D eigenvalue weighted by atomic mass is 10.0. The molecule has 6 heteroatoms. The molecule has 0 aromatic heterocycles. The Morgan fingerprint density at radius 3 is 1.57 bits per heavy atom. The fourth-order valence-electron chi connectivity index (χ4n) is 6.62. The van der Waals surface area contributed by atoms with Crippen molar-refractivity contribution in [3.63, 3.8) is 0 Å². The summed E-state index contributed by atoms with van der Waals surface area (Å²) in [5.41, 5.74) is 0. The van der Waals surface area contributed by atoms with Gasteiger partial charge in [0.25, 0.3) is 0 Å². The molecular formula is C54H89NO5. The Kier molecular flexibility index (Phi) is 43.9. The smallest absolute Gasteiger partial charge is 0.306 e. The summed E-state index contributed by atoms with van der Waals surface area (Å²) in [6.45, 7) is 6.17. The van der Waals surface area contributed by atoms with E-state index in [1.54, 1.807) is 0 Å². The topological polar surface area (TPSA) is 95.9 Å². The molecule has 0 aliphatic rings. The molecule has 0 aliphatic heterocycles. The SMILES string of the molecule is CC/C=C/C=C/C=C\C=C/C=C/CCCC(CC(=O)NC(CO)C(O)CCCCCCCCCCCCCC)OC(=O)CCCCC/C=C/C/C=C/C/C=C/C/C=C/CC. The second-order valence-electron chi connectivity index (χ2n) is 15.9. The van der Waals surface area contributed by atoms with Crippen molar-refractivity contribution in [3.05, 3.63) is 109 Å². The summed E-state index contributed by atoms with van der Waals surface area (Å²) in [4.78, 5) is 26.1. The normalized spacial score (nSPS) is 14.3. The highest BCUT2D eigenvalue weighted by molar-refractivity contribution is 5.77. The van der Waals surface area contributed by atoms with E-state index in [-0.39, 0.29) is 24.9 Å². The van der Waals surface area contributed by atoms with Crippen LogP contribution < -0.4 is 5.32 Å². The highest BCUT2D eigenvalue weighted by Gasteiger charge is 2.24. The zero-order chi connectivity index (χ0) is 43.8. The van der Waals surface area contributed by atoms with Crippen LogP contribution in [0.4, 0.5) is 0 Å². The van der Waals surface area contributed by atoms with Crippen LogP contribution in [0.1, 0.15) is 194 Å². The lowest BCUT2D eigenvalue weighted by Gasteiger charge is -2.24. The van der Waals surface area contributed by atoms with Crippen LogP contribution in [0.15, 0.2) is 109 Å². The molecule has 0 aromatic carbocycles. The van der Waals surface area contributed by atoms with Gasteiger partial charge in [-0.2, -0.15) is 0 Å². The van der Waals surface area contributed by atoms with Gasteiger partial charge in [-0.05, 0) is 77.0 Å². The van der Waals surface area contributed by atoms with E-state index >= 15 is 0 Å². The van der Waals surface area contributed by atoms with Crippen LogP contribution in [0.2, 0.25) is 0 Å². The zero-order valence-electron chi connectivity index (χ0n) is 38.5. The molecule has 3 unspecified atom stereocenters. The number of unbranched alkanes of at least 4 members (excludes halogenated alkanes) is 15. The first-order valence-corrected chi connectivity index (χ1v) is 24.2. The third-order valence-corrected chi connectivity index (χ3v) is 10.2. The molecule has 0 heterocycles. The Labute approximate surface area is 368 Å². The summed E-state index contributed by atoms with van der Waals surface area (Å²) >= 11 is 0. The van der Waals surface area contributed by atoms with Crippen LogP contribution >= 0.6 is 0 Å². The lowest BCUT2D eigenvalue weighted by Crippen LogP contribution is -2.46. The Bertz CT molecular complexity index is 1250. The van der Waals surface area contributed by atoms with Gasteiger partial charge in [0.2, 0.25) is 5.91 Å². The van der Waals surface area contributed by atoms with Crippen molar-refractivity contribution >= 4 is 11.9 Å². The number of amides is 1. The summed E-state index contributed by atoms with van der Waals surface area (Å²) in [5.74, 6) is -0.595. The van der Waals surface area contributed by atoms with Crippen molar-refractivity contribution in [2.45, 2.75) is 212 Å². The standard InChI is InChI=1S/C54H89NO5/c1-4-7-10-13-16-19-22-25-26-27-29-32-35-38-41-44-47-54(59)60-50(45-42-39-36-33-30-28-23-20-17-14-11-8-5-2)48-53(58)55-51(49-56)52(57)46-43-40-37-34-31-24-21-18-15-12-9-6-3/h7-8,10-11,14,16-17,19-20,23,25-26,28-30,32-33,36,50-52,56-57H,4-6,9,12-13,15,18,21-22,24,27,31,34-35,37-49H2,1-3H3,(H,55,58)/b10-7+,11-8+,17-14+,19-16+,23-20-,26-25+,30-28-,32-29+,36-33+. The molecule has 0 aliphatic carbocycles. The van der Waals surface area contributed by atoms with Gasteiger partial charge >= 0.3 is 5.97 Å². The minimum Gasteiger partial charge on any atom is -0.462 e. The van der Waals surface area contributed by atoms with Gasteiger partial charge in [0.05, 0.1) is 25.2 Å². The van der Waals surface area contributed by atoms with Gasteiger partial charge in [-0.25, -0.2) is 0 Å². The number of carbonyl (C=O) groups excluding carboxylic acids is 2. The maximum absolute atomic E-state index is 13.2. The quantitative estimate of drug-likeness (QED) is 0.0247. The summed E-state index contributed by atoms with van der Waals surface area (Å²) in [6, 6.07) is -0.737. The number of hydrogen-bond donors (Lipinski definition) is 3. The minimum absolute atomic E-state index is 0.00870. The Balaban J connectivity index is 4.78. The number of aliphatic hydroxyl groups is 2. The van der Waals surface area contributed by atoms with Gasteiger partial charge in [0, 0.05) is 6.42 Å². The van der Waals surface area contributed by atoms with E-state index in [9.17, 15) is 19.8 Å². The number of aliphatic hydroxyl groups excluding tert-OH is 2. The number of hydrogen-bond acceptors (Lipinski definition) is 5. The fraction of sp³-hybridized carbons (Fsp3) is 0.630. The average Bonchev–Trinajstić information content (AvgIpc) is 3.24. The summed E-state index contributed by atoms with van der Waals surface area (Å²) in [5, 5.41) is 23.7. The molecule has 6 nitrogen and oxygen atoms in total. The lowest BCUT2D eigenvalue weighted by molar-refractivity contribution is -0.151. The number of carbonyl (C=O) groups is 2. The van der Waals surface area contributed by atoms with Crippen molar-refractivity contribution < 1.29 is 24.5 Å². The molecule has 0 radical (unpaired) electrons. The first-order chi connectivity index (χ1) is 29.5. The van der Waals surface area contributed by atoms with Gasteiger partial charge in [-0.15, -0.1) is 0 Å². The highest BCUT2D eigenvalue weighted by Crippen LogP contribution is 2.16. The molecule has 3 N–H and O–H groups in total. The minimum atomic E-state index is -0.818. The maximum atomic E-state index is 13.2. The molecule has 0 bridgehead atoms. The van der Waals surface area contributed by atoms with E-state index < -0.39 is 18.2 Å². The Morgan fingerprint density at radius 2 is 1.00 bits per heavy atom. The molecule has 0 saturated heterocycles. The number of esters is 1. The largest absolute Gasteiger partial charge is 0.462 e. The first kappa shape index (κ1) is 56.5. The van der Waals surface area contributed by atoms with E-state index in [1.807, 2.05) is 48.6 Å². The fourth-order valence-corrected chi connectivity index (χ4v) is 6.62. The summed E-state index contributed by atoms with van der Waals surface area (Å²) in [6.07, 6.45) is 62.9. The van der Waals surface area contributed by atoms with Crippen molar-refractivity contribution in [2.75, 3.05) is 6.61 Å². The van der Waals surface area contributed by atoms with Crippen LogP contribution in [0, 0.1) is 0 Å². The van der Waals surface area contributed by atoms with Gasteiger partial charge in [-0.1, -0.05) is 214 Å². The molecule has 60 heavy (non-hydrogen) atoms. The molecular weight excluding hydrogens is 743 g/mol. The van der Waals surface area contributed by atoms with Crippen LogP contribution in [-0.2, 0) is 14.3 Å². The van der Waals surface area contributed by atoms with Gasteiger partial charge in [-0.3, -0.25) is 9.59 Å². The number of allylic oxidation sites excluding steroid dienone is 18. The molecule has 340 valence electrons. The maximum Gasteiger partial charge on any atom is 0.306 e. The van der Waals surface area contributed by atoms with Gasteiger partial charge < -0.3 is 20.3 Å². The second-order valence-corrected chi connectivity index (χ2v) is 15.9. The summed E-state index contributed by atoms with van der Waals surface area (Å²) < 4.78 is 5.86. The monoisotopic (exact) mass is 832 g/mol. The van der Waals surface area contributed by atoms with E-state index in [0.717, 1.165) is 89.9 Å². The van der Waals surface area contributed by atoms with Crippen molar-refractivity contribution in [1.82, 2.24) is 5.32 Å². The van der Waals surface area contributed by atoms with Crippen LogP contribution in [-0.4, -0.2) is 46.9 Å². The third kappa shape index (κ3) is 41.3. The zero-order valence-corrected chi connectivity index (χ0v) is 38.5. The molecule has 0 rings (SSSR count). The van der Waals surface area contributed by atoms with Gasteiger partial charge in [0.1, 0.15) is 6.10 Å². The molecule has 0 spiro atoms. The molecule has 1 amide bonds. The van der Waals surface area contributed by atoms with E-state index in [1.165, 1.54) is 57.8 Å². The van der Waals surface area contributed by atoms with E-state index in [4.69, 9.17) is 4.74 Å². The predicted molar refractivity (Wildman–Crippen MR) is 259 cm³/mol. The van der Waals surface area contributed by atoms with E-state index in [0.29, 0.717) is 19.3 Å². The van der Waals surface area contributed by atoms with Crippen molar-refractivity contribution in [3.8, 4) is 0 Å². The Morgan fingerprint density at radius 1 is 0.517 bits per heavy atom.